The van der Waals surface area contributed by atoms with Gasteiger partial charge in [0.25, 0.3) is 0 Å². The topological polar surface area (TPSA) is 0 Å². The zero-order valence-electron chi connectivity index (χ0n) is 9.57. The van der Waals surface area contributed by atoms with Crippen LogP contribution < -0.4 is 0 Å². The van der Waals surface area contributed by atoms with Crippen molar-refractivity contribution in [1.82, 2.24) is 0 Å². The number of hydrogen-bond acceptors (Lipinski definition) is 0. The fourth-order valence-electron chi connectivity index (χ4n) is 2.35. The number of rotatable bonds is 1. The predicted octanol–water partition coefficient (Wildman–Crippen LogP) is 4.32. The Kier molecular flexibility index (Phi) is 2.22. The summed E-state index contributed by atoms with van der Waals surface area (Å²) in [5.74, 6) is 0. The summed E-state index contributed by atoms with van der Waals surface area (Å²) in [6.07, 6.45) is 7.01. The second-order valence-electron chi connectivity index (χ2n) is 4.64. The lowest BCUT2D eigenvalue weighted by Gasteiger charge is -2.06. The molecule has 0 spiro atoms. The minimum atomic E-state index is 1.16. The second-order valence-corrected chi connectivity index (χ2v) is 4.64. The van der Waals surface area contributed by atoms with Gasteiger partial charge in [0.05, 0.1) is 0 Å². The molecule has 2 rings (SSSR count). The van der Waals surface area contributed by atoms with Gasteiger partial charge in [0.15, 0.2) is 0 Å². The van der Waals surface area contributed by atoms with Crippen LogP contribution in [-0.4, -0.2) is 0 Å². The first-order valence-electron chi connectivity index (χ1n) is 5.32. The molecule has 0 unspecified atom stereocenters. The monoisotopic (exact) mass is 186 g/mol. The van der Waals surface area contributed by atoms with E-state index in [2.05, 4.69) is 39.8 Å². The highest BCUT2D eigenvalue weighted by molar-refractivity contribution is 5.54. The molecule has 0 aliphatic heterocycles. The molecular formula is C14H18. The molecule has 0 nitrogen and oxygen atoms in total. The first-order chi connectivity index (χ1) is 6.58. The third-order valence-electron chi connectivity index (χ3n) is 3.30. The molecule has 0 bridgehead atoms. The molecule has 14 heavy (non-hydrogen) atoms. The Balaban J connectivity index is 2.23. The van der Waals surface area contributed by atoms with Gasteiger partial charge >= 0.3 is 0 Å². The van der Waals surface area contributed by atoms with E-state index in [9.17, 15) is 0 Å². The van der Waals surface area contributed by atoms with Gasteiger partial charge in [-0.25, -0.2) is 0 Å². The Morgan fingerprint density at radius 1 is 0.857 bits per heavy atom. The van der Waals surface area contributed by atoms with E-state index in [1.807, 2.05) is 0 Å². The van der Waals surface area contributed by atoms with Crippen LogP contribution in [-0.2, 0) is 0 Å². The predicted molar refractivity (Wildman–Crippen MR) is 62.1 cm³/mol. The molecule has 0 N–H and O–H groups in total. The van der Waals surface area contributed by atoms with E-state index < -0.39 is 0 Å². The molecule has 0 radical (unpaired) electrons. The highest BCUT2D eigenvalue weighted by atomic mass is 14.2. The Morgan fingerprint density at radius 3 is 2.00 bits per heavy atom. The van der Waals surface area contributed by atoms with Gasteiger partial charge in [-0.15, -0.1) is 0 Å². The molecule has 0 atom stereocenters. The SMILES string of the molecule is CC1=CC(C)=C(C2=CC(C)=C(C)C2)C1. The van der Waals surface area contributed by atoms with Crippen LogP contribution in [0.2, 0.25) is 0 Å². The molecule has 2 aliphatic rings. The van der Waals surface area contributed by atoms with Gasteiger partial charge in [-0.05, 0) is 57.3 Å². The van der Waals surface area contributed by atoms with Crippen LogP contribution in [0.5, 0.6) is 0 Å². The Labute approximate surface area is 86.7 Å². The normalized spacial score (nSPS) is 22.0. The summed E-state index contributed by atoms with van der Waals surface area (Å²) in [7, 11) is 0. The van der Waals surface area contributed by atoms with Crippen LogP contribution in [0.15, 0.2) is 45.6 Å². The zero-order chi connectivity index (χ0) is 10.3. The van der Waals surface area contributed by atoms with Crippen molar-refractivity contribution in [2.24, 2.45) is 0 Å². The zero-order valence-corrected chi connectivity index (χ0v) is 9.57. The first kappa shape index (κ1) is 9.51. The van der Waals surface area contributed by atoms with Gasteiger partial charge in [0.2, 0.25) is 0 Å². The van der Waals surface area contributed by atoms with Crippen molar-refractivity contribution in [1.29, 1.82) is 0 Å². The lowest BCUT2D eigenvalue weighted by Crippen LogP contribution is -1.87. The number of hydrogen-bond donors (Lipinski definition) is 0. The quantitative estimate of drug-likeness (QED) is 0.572. The average Bonchev–Trinajstić information content (AvgIpc) is 2.57. The summed E-state index contributed by atoms with van der Waals surface area (Å²) in [5.41, 5.74) is 9.08. The van der Waals surface area contributed by atoms with Crippen molar-refractivity contribution in [3.63, 3.8) is 0 Å². The largest absolute Gasteiger partial charge is 0.0686 e. The van der Waals surface area contributed by atoms with Gasteiger partial charge in [-0.2, -0.15) is 0 Å². The van der Waals surface area contributed by atoms with Gasteiger partial charge in [-0.1, -0.05) is 28.9 Å². The van der Waals surface area contributed by atoms with Crippen LogP contribution in [0.25, 0.3) is 0 Å². The summed E-state index contributed by atoms with van der Waals surface area (Å²) in [4.78, 5) is 0. The van der Waals surface area contributed by atoms with Crippen molar-refractivity contribution in [3.05, 3.63) is 45.6 Å². The third kappa shape index (κ3) is 1.50. The summed E-state index contributed by atoms with van der Waals surface area (Å²) in [6.45, 7) is 8.91. The van der Waals surface area contributed by atoms with E-state index in [1.165, 1.54) is 28.7 Å². The van der Waals surface area contributed by atoms with E-state index in [-0.39, 0.29) is 0 Å². The molecule has 0 aromatic heterocycles. The van der Waals surface area contributed by atoms with Crippen molar-refractivity contribution in [3.8, 4) is 0 Å². The van der Waals surface area contributed by atoms with Crippen molar-refractivity contribution in [2.45, 2.75) is 40.5 Å². The smallest absolute Gasteiger partial charge is 0.00611 e. The van der Waals surface area contributed by atoms with E-state index in [1.54, 1.807) is 11.1 Å². The van der Waals surface area contributed by atoms with Crippen LogP contribution in [0.3, 0.4) is 0 Å². The van der Waals surface area contributed by atoms with E-state index in [4.69, 9.17) is 0 Å². The molecule has 0 aromatic carbocycles. The molecule has 0 saturated heterocycles. The molecule has 0 heterocycles. The summed E-state index contributed by atoms with van der Waals surface area (Å²) >= 11 is 0. The van der Waals surface area contributed by atoms with Crippen molar-refractivity contribution in [2.75, 3.05) is 0 Å². The molecule has 0 amide bonds. The standard InChI is InChI=1S/C14H18/c1-9-5-12(4)14(6-9)13-7-10(2)11(3)8-13/h5,7H,6,8H2,1-4H3. The van der Waals surface area contributed by atoms with Gasteiger partial charge < -0.3 is 0 Å². The van der Waals surface area contributed by atoms with E-state index >= 15 is 0 Å². The lowest BCUT2D eigenvalue weighted by molar-refractivity contribution is 1.07. The maximum atomic E-state index is 2.36. The Hall–Kier alpha value is -1.04. The molecular weight excluding hydrogens is 168 g/mol. The minimum Gasteiger partial charge on any atom is -0.0686 e. The molecule has 74 valence electrons. The highest BCUT2D eigenvalue weighted by Crippen LogP contribution is 2.37. The lowest BCUT2D eigenvalue weighted by atomic mass is 9.99. The average molecular weight is 186 g/mol. The maximum absolute atomic E-state index is 2.36. The minimum absolute atomic E-state index is 1.16. The van der Waals surface area contributed by atoms with Crippen LogP contribution in [0.1, 0.15) is 40.5 Å². The third-order valence-corrected chi connectivity index (χ3v) is 3.30. The van der Waals surface area contributed by atoms with Gasteiger partial charge in [0, 0.05) is 0 Å². The fraction of sp³-hybridized carbons (Fsp3) is 0.429. The van der Waals surface area contributed by atoms with Crippen molar-refractivity contribution >= 4 is 0 Å². The summed E-state index contributed by atoms with van der Waals surface area (Å²) in [6, 6.07) is 0. The fourth-order valence-corrected chi connectivity index (χ4v) is 2.35. The summed E-state index contributed by atoms with van der Waals surface area (Å²) in [5, 5.41) is 0. The van der Waals surface area contributed by atoms with Crippen LogP contribution in [0, 0.1) is 0 Å². The molecule has 0 aromatic rings. The second kappa shape index (κ2) is 3.27. The molecule has 2 aliphatic carbocycles. The molecule has 0 saturated carbocycles. The number of allylic oxidation sites excluding steroid dienone is 8. The van der Waals surface area contributed by atoms with Crippen molar-refractivity contribution < 1.29 is 0 Å². The van der Waals surface area contributed by atoms with E-state index in [0.717, 1.165) is 6.42 Å². The molecule has 0 fully saturated rings. The van der Waals surface area contributed by atoms with Gasteiger partial charge in [-0.3, -0.25) is 0 Å². The first-order valence-corrected chi connectivity index (χ1v) is 5.32. The Bertz CT molecular complexity index is 398. The molecule has 0 heteroatoms. The van der Waals surface area contributed by atoms with Crippen LogP contribution in [0.4, 0.5) is 0 Å². The van der Waals surface area contributed by atoms with Crippen LogP contribution >= 0.6 is 0 Å². The van der Waals surface area contributed by atoms with Gasteiger partial charge in [0.1, 0.15) is 0 Å². The summed E-state index contributed by atoms with van der Waals surface area (Å²) < 4.78 is 0. The highest BCUT2D eigenvalue weighted by Gasteiger charge is 2.18. The maximum Gasteiger partial charge on any atom is -0.00611 e. The Morgan fingerprint density at radius 2 is 1.57 bits per heavy atom. The van der Waals surface area contributed by atoms with E-state index in [0.29, 0.717) is 0 Å².